The van der Waals surface area contributed by atoms with Gasteiger partial charge in [-0.15, -0.1) is 26.3 Å². The van der Waals surface area contributed by atoms with Crippen LogP contribution in [0.4, 0.5) is 26.3 Å². The second-order valence-electron chi connectivity index (χ2n) is 7.17. The standard InChI is InChI=1S/C14H14F3NO3.C12H9F3O3/c1-20-10-18-13(19)5-3-2-4-11-6-8-12(9-7-11)21-14(15,16)17;13-12(14,15)18-10-7-5-9(6-8-10)3-1-2-4-11(16)17/h6-9H,3,5,10H2,1H3,(H,18,19);5-8H,2,4H2,(H,16,17). The van der Waals surface area contributed by atoms with Gasteiger partial charge in [0.2, 0.25) is 5.91 Å². The van der Waals surface area contributed by atoms with E-state index in [4.69, 9.17) is 5.11 Å². The van der Waals surface area contributed by atoms with Crippen LogP contribution in [-0.4, -0.2) is 43.5 Å². The fourth-order valence-electron chi connectivity index (χ4n) is 2.40. The molecule has 0 radical (unpaired) electrons. The van der Waals surface area contributed by atoms with Crippen molar-refractivity contribution in [3.63, 3.8) is 0 Å². The number of nitrogens with one attached hydrogen (secondary N) is 1. The summed E-state index contributed by atoms with van der Waals surface area (Å²) in [6.45, 7) is 0.146. The molecule has 0 aliphatic rings. The monoisotopic (exact) mass is 559 g/mol. The van der Waals surface area contributed by atoms with Crippen LogP contribution in [0.15, 0.2) is 48.5 Å². The molecule has 2 rings (SSSR count). The van der Waals surface area contributed by atoms with Crippen LogP contribution in [0, 0.1) is 23.7 Å². The number of carboxylic acid groups (broad SMARTS) is 1. The van der Waals surface area contributed by atoms with Crippen molar-refractivity contribution in [1.82, 2.24) is 5.32 Å². The number of alkyl halides is 6. The molecule has 39 heavy (non-hydrogen) atoms. The molecule has 0 atom stereocenters. The lowest BCUT2D eigenvalue weighted by molar-refractivity contribution is -0.275. The zero-order chi connectivity index (χ0) is 29.3. The second-order valence-corrected chi connectivity index (χ2v) is 7.17. The number of ether oxygens (including phenoxy) is 3. The average molecular weight is 559 g/mol. The number of benzene rings is 2. The van der Waals surface area contributed by atoms with Crippen LogP contribution in [0.5, 0.6) is 11.5 Å². The van der Waals surface area contributed by atoms with E-state index in [9.17, 15) is 35.9 Å². The van der Waals surface area contributed by atoms with Gasteiger partial charge in [-0.05, 0) is 48.5 Å². The Morgan fingerprint density at radius 3 is 1.54 bits per heavy atom. The van der Waals surface area contributed by atoms with Crippen LogP contribution in [-0.2, 0) is 14.3 Å². The van der Waals surface area contributed by atoms with Crippen LogP contribution >= 0.6 is 0 Å². The number of halogens is 6. The molecule has 0 fully saturated rings. The van der Waals surface area contributed by atoms with Crippen LogP contribution in [0.3, 0.4) is 0 Å². The van der Waals surface area contributed by atoms with Crippen molar-refractivity contribution in [2.45, 2.75) is 38.4 Å². The highest BCUT2D eigenvalue weighted by atomic mass is 19.4. The summed E-state index contributed by atoms with van der Waals surface area (Å²) in [6, 6.07) is 10.2. The highest BCUT2D eigenvalue weighted by Gasteiger charge is 2.31. The third-order valence-corrected chi connectivity index (χ3v) is 4.00. The minimum atomic E-state index is -4.71. The molecule has 0 spiro atoms. The van der Waals surface area contributed by atoms with Gasteiger partial charge in [-0.2, -0.15) is 0 Å². The summed E-state index contributed by atoms with van der Waals surface area (Å²) < 4.78 is 83.6. The van der Waals surface area contributed by atoms with Gasteiger partial charge in [-0.25, -0.2) is 0 Å². The Morgan fingerprint density at radius 2 is 1.18 bits per heavy atom. The van der Waals surface area contributed by atoms with E-state index in [1.807, 2.05) is 0 Å². The van der Waals surface area contributed by atoms with Crippen molar-refractivity contribution in [3.8, 4) is 35.2 Å². The van der Waals surface area contributed by atoms with E-state index in [0.29, 0.717) is 17.5 Å². The summed E-state index contributed by atoms with van der Waals surface area (Å²) in [5.74, 6) is 9.01. The normalized spacial score (nSPS) is 10.4. The second kappa shape index (κ2) is 16.5. The Morgan fingerprint density at radius 1 is 0.769 bits per heavy atom. The summed E-state index contributed by atoms with van der Waals surface area (Å²) in [7, 11) is 1.46. The van der Waals surface area contributed by atoms with Crippen molar-refractivity contribution in [2.24, 2.45) is 0 Å². The minimum absolute atomic E-state index is 0.0672. The van der Waals surface area contributed by atoms with Crippen molar-refractivity contribution in [2.75, 3.05) is 13.8 Å². The number of hydrogen-bond acceptors (Lipinski definition) is 5. The van der Waals surface area contributed by atoms with Gasteiger partial charge in [0.05, 0.1) is 6.42 Å². The highest BCUT2D eigenvalue weighted by molar-refractivity contribution is 5.76. The first-order chi connectivity index (χ1) is 18.3. The number of carbonyl (C=O) groups excluding carboxylic acids is 1. The largest absolute Gasteiger partial charge is 0.573 e. The molecule has 0 aromatic heterocycles. The van der Waals surface area contributed by atoms with E-state index in [1.165, 1.54) is 43.5 Å². The van der Waals surface area contributed by atoms with Gasteiger partial charge in [0.15, 0.2) is 0 Å². The maximum absolute atomic E-state index is 12.0. The Balaban J connectivity index is 0.000000395. The number of amides is 1. The number of rotatable bonds is 8. The highest BCUT2D eigenvalue weighted by Crippen LogP contribution is 2.23. The number of methoxy groups -OCH3 is 1. The van der Waals surface area contributed by atoms with E-state index in [0.717, 1.165) is 12.1 Å². The molecule has 2 aromatic carbocycles. The Labute approximate surface area is 220 Å². The van der Waals surface area contributed by atoms with Crippen LogP contribution in [0.2, 0.25) is 0 Å². The van der Waals surface area contributed by atoms with Gasteiger partial charge in [-0.1, -0.05) is 23.7 Å². The molecular formula is C26H23F6NO6. The summed E-state index contributed by atoms with van der Waals surface area (Å²) in [5, 5.41) is 10.9. The van der Waals surface area contributed by atoms with E-state index >= 15 is 0 Å². The Bertz CT molecular complexity index is 1170. The molecule has 1 amide bonds. The maximum Gasteiger partial charge on any atom is 0.573 e. The smallest absolute Gasteiger partial charge is 0.481 e. The average Bonchev–Trinajstić information content (AvgIpc) is 2.83. The van der Waals surface area contributed by atoms with E-state index in [1.54, 1.807) is 0 Å². The molecular weight excluding hydrogens is 536 g/mol. The third-order valence-electron chi connectivity index (χ3n) is 4.00. The number of hydrogen-bond donors (Lipinski definition) is 2. The number of carbonyl (C=O) groups is 2. The van der Waals surface area contributed by atoms with E-state index in [2.05, 4.69) is 43.2 Å². The van der Waals surface area contributed by atoms with Crippen molar-refractivity contribution >= 4 is 11.9 Å². The van der Waals surface area contributed by atoms with Crippen LogP contribution < -0.4 is 14.8 Å². The molecule has 0 aliphatic carbocycles. The topological polar surface area (TPSA) is 94.1 Å². The van der Waals surface area contributed by atoms with Crippen molar-refractivity contribution in [3.05, 3.63) is 59.7 Å². The lowest BCUT2D eigenvalue weighted by atomic mass is 10.2. The van der Waals surface area contributed by atoms with Gasteiger partial charge < -0.3 is 24.6 Å². The molecule has 0 bridgehead atoms. The number of carboxylic acids is 1. The summed E-state index contributed by atoms with van der Waals surface area (Å²) in [6.07, 6.45) is -8.72. The summed E-state index contributed by atoms with van der Waals surface area (Å²) >= 11 is 0. The van der Waals surface area contributed by atoms with E-state index < -0.39 is 18.7 Å². The lowest BCUT2D eigenvalue weighted by Gasteiger charge is -2.07. The molecule has 0 saturated heterocycles. The molecule has 0 saturated carbocycles. The summed E-state index contributed by atoms with van der Waals surface area (Å²) in [5.41, 5.74) is 1.04. The first kappa shape index (κ1) is 32.7. The fourth-order valence-corrected chi connectivity index (χ4v) is 2.40. The SMILES string of the molecule is COCNC(=O)CCC#Cc1ccc(OC(F)(F)F)cc1.O=C(O)CCC#Cc1ccc(OC(F)(F)F)cc1. The quantitative estimate of drug-likeness (QED) is 0.261. The Hall–Kier alpha value is -4.36. The number of aliphatic carboxylic acids is 1. The van der Waals surface area contributed by atoms with E-state index in [-0.39, 0.29) is 43.4 Å². The molecule has 0 aliphatic heterocycles. The van der Waals surface area contributed by atoms with Crippen LogP contribution in [0.25, 0.3) is 0 Å². The molecule has 7 nitrogen and oxygen atoms in total. The fraction of sp³-hybridized carbons (Fsp3) is 0.308. The zero-order valence-corrected chi connectivity index (χ0v) is 20.4. The molecule has 0 heterocycles. The first-order valence-electron chi connectivity index (χ1n) is 10.9. The zero-order valence-electron chi connectivity index (χ0n) is 20.4. The molecule has 0 unspecified atom stereocenters. The van der Waals surface area contributed by atoms with Gasteiger partial charge >= 0.3 is 18.7 Å². The first-order valence-corrected chi connectivity index (χ1v) is 10.9. The van der Waals surface area contributed by atoms with Gasteiger partial charge in [0.25, 0.3) is 0 Å². The molecule has 210 valence electrons. The molecule has 13 heteroatoms. The molecule has 2 N–H and O–H groups in total. The van der Waals surface area contributed by atoms with Crippen molar-refractivity contribution in [1.29, 1.82) is 0 Å². The Kier molecular flexibility index (Phi) is 13.8. The lowest BCUT2D eigenvalue weighted by Crippen LogP contribution is -2.24. The third kappa shape index (κ3) is 17.7. The predicted molar refractivity (Wildman–Crippen MR) is 126 cm³/mol. The van der Waals surface area contributed by atoms with Crippen molar-refractivity contribution < 1.29 is 55.2 Å². The van der Waals surface area contributed by atoms with Gasteiger partial charge in [0, 0.05) is 37.5 Å². The predicted octanol–water partition coefficient (Wildman–Crippen LogP) is 5.24. The van der Waals surface area contributed by atoms with Gasteiger partial charge in [-0.3, -0.25) is 9.59 Å². The summed E-state index contributed by atoms with van der Waals surface area (Å²) in [4.78, 5) is 21.4. The van der Waals surface area contributed by atoms with Gasteiger partial charge in [0.1, 0.15) is 18.2 Å². The maximum atomic E-state index is 12.0. The minimum Gasteiger partial charge on any atom is -0.481 e. The molecule has 2 aromatic rings. The van der Waals surface area contributed by atoms with Crippen LogP contribution in [0.1, 0.15) is 36.8 Å².